The molecule has 84 valence electrons. The molecule has 0 saturated carbocycles. The van der Waals surface area contributed by atoms with Gasteiger partial charge in [0, 0.05) is 10.9 Å². The van der Waals surface area contributed by atoms with Crippen molar-refractivity contribution in [1.82, 2.24) is 4.98 Å². The lowest BCUT2D eigenvalue weighted by Crippen LogP contribution is -2.17. The van der Waals surface area contributed by atoms with E-state index in [4.69, 9.17) is 5.73 Å². The lowest BCUT2D eigenvalue weighted by atomic mass is 9.99. The molecule has 0 aromatic carbocycles. The zero-order valence-electron chi connectivity index (χ0n) is 7.97. The molecule has 1 aromatic rings. The number of aromatic nitrogens is 1. The Kier molecular flexibility index (Phi) is 2.72. The summed E-state index contributed by atoms with van der Waals surface area (Å²) in [5.74, 6) is 0. The average molecular weight is 236 g/mol. The lowest BCUT2D eigenvalue weighted by Gasteiger charge is -2.15. The fraction of sp³-hybridized carbons (Fsp3) is 0.667. The van der Waals surface area contributed by atoms with Crippen LogP contribution in [0.4, 0.5) is 13.2 Å². The first-order valence-corrected chi connectivity index (χ1v) is 5.58. The highest BCUT2D eigenvalue weighted by atomic mass is 32.1. The van der Waals surface area contributed by atoms with Crippen LogP contribution < -0.4 is 5.73 Å². The van der Waals surface area contributed by atoms with Crippen molar-refractivity contribution in [3.05, 3.63) is 15.6 Å². The summed E-state index contributed by atoms with van der Waals surface area (Å²) < 4.78 is 36.4. The second-order valence-electron chi connectivity index (χ2n) is 3.71. The molecule has 0 radical (unpaired) electrons. The second-order valence-corrected chi connectivity index (χ2v) is 4.87. The van der Waals surface area contributed by atoms with E-state index in [1.54, 1.807) is 0 Å². The number of thiazole rings is 1. The molecule has 6 heteroatoms. The zero-order valence-corrected chi connectivity index (χ0v) is 8.79. The summed E-state index contributed by atoms with van der Waals surface area (Å²) in [7, 11) is 0. The van der Waals surface area contributed by atoms with E-state index in [1.807, 2.05) is 0 Å². The number of nitrogens with two attached hydrogens (primary N) is 1. The Balaban J connectivity index is 2.22. The van der Waals surface area contributed by atoms with Crippen LogP contribution in [0.3, 0.4) is 0 Å². The van der Waals surface area contributed by atoms with E-state index in [-0.39, 0.29) is 11.0 Å². The normalized spacial score (nSPS) is 21.5. The molecule has 0 bridgehead atoms. The third kappa shape index (κ3) is 2.49. The molecule has 1 atom stereocenters. The van der Waals surface area contributed by atoms with Crippen molar-refractivity contribution in [1.29, 1.82) is 0 Å². The molecule has 0 amide bonds. The number of halogens is 3. The fourth-order valence-electron chi connectivity index (χ4n) is 1.75. The van der Waals surface area contributed by atoms with Crippen molar-refractivity contribution in [2.75, 3.05) is 0 Å². The van der Waals surface area contributed by atoms with Gasteiger partial charge in [0.2, 0.25) is 0 Å². The summed E-state index contributed by atoms with van der Waals surface area (Å²) in [6.45, 7) is 0. The topological polar surface area (TPSA) is 38.9 Å². The highest BCUT2D eigenvalue weighted by Crippen LogP contribution is 2.34. The van der Waals surface area contributed by atoms with E-state index >= 15 is 0 Å². The zero-order chi connectivity index (χ0) is 11.1. The Labute approximate surface area is 89.3 Å². The fourth-order valence-corrected chi connectivity index (χ4v) is 2.96. The van der Waals surface area contributed by atoms with Crippen molar-refractivity contribution in [2.45, 2.75) is 37.9 Å². The van der Waals surface area contributed by atoms with E-state index in [9.17, 15) is 13.2 Å². The number of rotatable bonds is 1. The van der Waals surface area contributed by atoms with Crippen molar-refractivity contribution in [3.8, 4) is 0 Å². The van der Waals surface area contributed by atoms with Gasteiger partial charge in [-0.25, -0.2) is 4.98 Å². The maximum atomic E-state index is 12.1. The van der Waals surface area contributed by atoms with E-state index in [0.717, 1.165) is 35.5 Å². The summed E-state index contributed by atoms with van der Waals surface area (Å²) in [6.07, 6.45) is -2.52. The molecular formula is C9H11F3N2S. The number of fused-ring (bicyclic) bond motifs is 1. The number of alkyl halides is 3. The van der Waals surface area contributed by atoms with Gasteiger partial charge in [-0.05, 0) is 19.3 Å². The molecule has 0 spiro atoms. The molecule has 2 rings (SSSR count). The Hall–Kier alpha value is -0.620. The number of aryl methyl sites for hydroxylation is 1. The van der Waals surface area contributed by atoms with Gasteiger partial charge in [0.25, 0.3) is 0 Å². The molecule has 1 aliphatic carbocycles. The first-order chi connectivity index (χ1) is 6.96. The van der Waals surface area contributed by atoms with Gasteiger partial charge in [0.1, 0.15) is 5.01 Å². The average Bonchev–Trinajstić information content (AvgIpc) is 2.45. The predicted octanol–water partition coefficient (Wildman–Crippen LogP) is 2.58. The Morgan fingerprint density at radius 3 is 2.80 bits per heavy atom. The van der Waals surface area contributed by atoms with E-state index in [0.29, 0.717) is 5.69 Å². The summed E-state index contributed by atoms with van der Waals surface area (Å²) in [5, 5.41) is 0.143. The minimum Gasteiger partial charge on any atom is -0.323 e. The Morgan fingerprint density at radius 1 is 1.47 bits per heavy atom. The molecule has 0 aliphatic heterocycles. The van der Waals surface area contributed by atoms with Crippen molar-refractivity contribution in [2.24, 2.45) is 5.73 Å². The highest BCUT2D eigenvalue weighted by molar-refractivity contribution is 7.11. The molecule has 1 aliphatic rings. The minimum absolute atomic E-state index is 0.143. The van der Waals surface area contributed by atoms with Gasteiger partial charge in [0.05, 0.1) is 12.1 Å². The quantitative estimate of drug-likeness (QED) is 0.814. The lowest BCUT2D eigenvalue weighted by molar-refractivity contribution is -0.127. The van der Waals surface area contributed by atoms with Gasteiger partial charge in [-0.3, -0.25) is 0 Å². The second kappa shape index (κ2) is 3.75. The van der Waals surface area contributed by atoms with Crippen LogP contribution in [0, 0.1) is 0 Å². The van der Waals surface area contributed by atoms with E-state index in [2.05, 4.69) is 4.98 Å². The Morgan fingerprint density at radius 2 is 2.20 bits per heavy atom. The largest absolute Gasteiger partial charge is 0.395 e. The molecule has 0 saturated heterocycles. The van der Waals surface area contributed by atoms with Crippen LogP contribution in [-0.2, 0) is 12.8 Å². The van der Waals surface area contributed by atoms with Crippen LogP contribution >= 0.6 is 11.3 Å². The predicted molar refractivity (Wildman–Crippen MR) is 51.7 cm³/mol. The van der Waals surface area contributed by atoms with Crippen LogP contribution in [0.15, 0.2) is 0 Å². The van der Waals surface area contributed by atoms with E-state index < -0.39 is 12.6 Å². The molecule has 1 heterocycles. The number of nitrogens with zero attached hydrogens (tertiary/aromatic N) is 1. The van der Waals surface area contributed by atoms with Crippen molar-refractivity contribution < 1.29 is 13.2 Å². The number of hydrogen-bond acceptors (Lipinski definition) is 3. The molecule has 2 N–H and O–H groups in total. The molecule has 0 fully saturated rings. The molecule has 2 nitrogen and oxygen atoms in total. The first-order valence-electron chi connectivity index (χ1n) is 4.76. The first kappa shape index (κ1) is 10.9. The SMILES string of the molecule is NC1CCCc2sc(CC(F)(F)F)nc21. The van der Waals surface area contributed by atoms with Gasteiger partial charge in [-0.1, -0.05) is 0 Å². The molecule has 1 unspecified atom stereocenters. The third-order valence-corrected chi connectivity index (χ3v) is 3.52. The van der Waals surface area contributed by atoms with Crippen LogP contribution in [0.25, 0.3) is 0 Å². The minimum atomic E-state index is -4.18. The third-order valence-electron chi connectivity index (χ3n) is 2.39. The molecule has 15 heavy (non-hydrogen) atoms. The van der Waals surface area contributed by atoms with Crippen LogP contribution in [0.1, 0.15) is 34.5 Å². The van der Waals surface area contributed by atoms with Gasteiger partial charge < -0.3 is 5.73 Å². The maximum Gasteiger partial charge on any atom is 0.395 e. The van der Waals surface area contributed by atoms with Crippen molar-refractivity contribution in [3.63, 3.8) is 0 Å². The van der Waals surface area contributed by atoms with Gasteiger partial charge >= 0.3 is 6.18 Å². The highest BCUT2D eigenvalue weighted by Gasteiger charge is 2.31. The molecular weight excluding hydrogens is 225 g/mol. The van der Waals surface area contributed by atoms with Crippen molar-refractivity contribution >= 4 is 11.3 Å². The summed E-state index contributed by atoms with van der Waals surface area (Å²) >= 11 is 1.15. The summed E-state index contributed by atoms with van der Waals surface area (Å²) in [5.41, 5.74) is 6.47. The monoisotopic (exact) mass is 236 g/mol. The maximum absolute atomic E-state index is 12.1. The van der Waals surface area contributed by atoms with Crippen LogP contribution in [0.2, 0.25) is 0 Å². The number of hydrogen-bond donors (Lipinski definition) is 1. The summed E-state index contributed by atoms with van der Waals surface area (Å²) in [6, 6.07) is -0.174. The molecule has 1 aromatic heterocycles. The van der Waals surface area contributed by atoms with Gasteiger partial charge in [0.15, 0.2) is 0 Å². The van der Waals surface area contributed by atoms with Gasteiger partial charge in [-0.15, -0.1) is 11.3 Å². The Bertz CT molecular complexity index is 359. The van der Waals surface area contributed by atoms with E-state index in [1.165, 1.54) is 0 Å². The van der Waals surface area contributed by atoms with Gasteiger partial charge in [-0.2, -0.15) is 13.2 Å². The smallest absolute Gasteiger partial charge is 0.323 e. The summed E-state index contributed by atoms with van der Waals surface area (Å²) in [4.78, 5) is 4.93. The van der Waals surface area contributed by atoms with Crippen LogP contribution in [-0.4, -0.2) is 11.2 Å². The van der Waals surface area contributed by atoms with Crippen LogP contribution in [0.5, 0.6) is 0 Å². The standard InChI is InChI=1S/C9H11F3N2S/c10-9(11,12)4-7-14-8-5(13)2-1-3-6(8)15-7/h5H,1-4,13H2.